The summed E-state index contributed by atoms with van der Waals surface area (Å²) in [6.45, 7) is 3.78. The van der Waals surface area contributed by atoms with Gasteiger partial charge in [-0.15, -0.1) is 0 Å². The summed E-state index contributed by atoms with van der Waals surface area (Å²) < 4.78 is 6.71. The molecule has 1 fully saturated rings. The molecular formula is C21H23N5O3. The van der Waals surface area contributed by atoms with Crippen LogP contribution < -0.4 is 10.5 Å². The summed E-state index contributed by atoms with van der Waals surface area (Å²) in [5, 5.41) is 0.848. The molecule has 0 aliphatic carbocycles. The van der Waals surface area contributed by atoms with E-state index in [0.29, 0.717) is 22.8 Å². The molecule has 1 atom stereocenters. The Labute approximate surface area is 168 Å². The van der Waals surface area contributed by atoms with Crippen LogP contribution in [0.5, 0.6) is 5.75 Å². The van der Waals surface area contributed by atoms with Crippen molar-refractivity contribution >= 4 is 23.0 Å². The van der Waals surface area contributed by atoms with Gasteiger partial charge in [-0.05, 0) is 30.9 Å². The maximum atomic E-state index is 12.9. The number of nitrogens with zero attached hydrogens (tertiary/aromatic N) is 4. The predicted molar refractivity (Wildman–Crippen MR) is 108 cm³/mol. The van der Waals surface area contributed by atoms with E-state index in [1.54, 1.807) is 18.5 Å². The van der Waals surface area contributed by atoms with E-state index in [-0.39, 0.29) is 11.7 Å². The first kappa shape index (κ1) is 18.9. The molecule has 4 heterocycles. The normalized spacial score (nSPS) is 16.7. The van der Waals surface area contributed by atoms with E-state index in [2.05, 4.69) is 16.9 Å². The number of hydrogen-bond acceptors (Lipinski definition) is 5. The van der Waals surface area contributed by atoms with Crippen molar-refractivity contribution in [3.05, 3.63) is 48.5 Å². The molecule has 0 spiro atoms. The van der Waals surface area contributed by atoms with Crippen LogP contribution in [0.15, 0.2) is 43.0 Å². The van der Waals surface area contributed by atoms with E-state index < -0.39 is 6.09 Å². The number of carbonyl (C=O) groups excluding carboxylic acids is 2. The molecule has 3 aromatic heterocycles. The first-order chi connectivity index (χ1) is 14.0. The van der Waals surface area contributed by atoms with Crippen LogP contribution in [0.1, 0.15) is 36.5 Å². The fourth-order valence-corrected chi connectivity index (χ4v) is 3.83. The van der Waals surface area contributed by atoms with Crippen LogP contribution in [0, 0.1) is 5.92 Å². The summed E-state index contributed by atoms with van der Waals surface area (Å²) in [5.41, 5.74) is 7.02. The van der Waals surface area contributed by atoms with Gasteiger partial charge in [0.05, 0.1) is 23.6 Å². The Balaban J connectivity index is 1.61. The molecule has 0 unspecified atom stereocenters. The topological polar surface area (TPSA) is 103 Å². The summed E-state index contributed by atoms with van der Waals surface area (Å²) in [4.78, 5) is 34.4. The first-order valence-corrected chi connectivity index (χ1v) is 9.74. The van der Waals surface area contributed by atoms with Crippen molar-refractivity contribution < 1.29 is 14.3 Å². The second-order valence-corrected chi connectivity index (χ2v) is 7.29. The van der Waals surface area contributed by atoms with Crippen molar-refractivity contribution in [1.29, 1.82) is 0 Å². The Hall–Kier alpha value is -3.42. The highest BCUT2D eigenvalue weighted by Crippen LogP contribution is 2.24. The van der Waals surface area contributed by atoms with Crippen molar-refractivity contribution in [3.63, 3.8) is 0 Å². The number of amides is 2. The van der Waals surface area contributed by atoms with E-state index in [9.17, 15) is 9.59 Å². The lowest BCUT2D eigenvalue weighted by Gasteiger charge is -2.32. The number of carbonyl (C=O) groups is 2. The highest BCUT2D eigenvalue weighted by atomic mass is 16.5. The minimum atomic E-state index is -0.898. The number of piperidine rings is 1. The molecule has 8 nitrogen and oxygen atoms in total. The van der Waals surface area contributed by atoms with Gasteiger partial charge in [-0.1, -0.05) is 13.3 Å². The summed E-state index contributed by atoms with van der Waals surface area (Å²) in [6.07, 6.45) is 8.93. The predicted octanol–water partition coefficient (Wildman–Crippen LogP) is 3.14. The largest absolute Gasteiger partial charge is 0.410 e. The third-order valence-corrected chi connectivity index (χ3v) is 5.35. The molecule has 3 aromatic rings. The average Bonchev–Trinajstić information content (AvgIpc) is 3.16. The van der Waals surface area contributed by atoms with Gasteiger partial charge >= 0.3 is 6.09 Å². The maximum Gasteiger partial charge on any atom is 0.410 e. The minimum Gasteiger partial charge on any atom is -0.409 e. The summed E-state index contributed by atoms with van der Waals surface area (Å²) >= 11 is 0. The molecule has 0 radical (unpaired) electrons. The van der Waals surface area contributed by atoms with Crippen molar-refractivity contribution in [3.8, 4) is 11.4 Å². The summed E-state index contributed by atoms with van der Waals surface area (Å²) in [5.74, 6) is 0.857. The second-order valence-electron chi connectivity index (χ2n) is 7.29. The van der Waals surface area contributed by atoms with E-state index in [0.717, 1.165) is 31.3 Å². The molecule has 2 amide bonds. The van der Waals surface area contributed by atoms with Crippen LogP contribution in [0.25, 0.3) is 16.7 Å². The zero-order chi connectivity index (χ0) is 20.4. The number of likely N-dealkylation sites (tertiary alicyclic amines) is 1. The number of hydrogen-bond donors (Lipinski definition) is 1. The molecule has 1 saturated heterocycles. The van der Waals surface area contributed by atoms with Gasteiger partial charge in [0.25, 0.3) is 5.91 Å². The van der Waals surface area contributed by atoms with Gasteiger partial charge in [-0.2, -0.15) is 0 Å². The molecule has 29 heavy (non-hydrogen) atoms. The molecule has 0 aromatic carbocycles. The van der Waals surface area contributed by atoms with E-state index in [1.165, 1.54) is 12.6 Å². The fraction of sp³-hybridized carbons (Fsp3) is 0.333. The molecule has 150 valence electrons. The van der Waals surface area contributed by atoms with Gasteiger partial charge in [0.15, 0.2) is 5.75 Å². The van der Waals surface area contributed by atoms with Gasteiger partial charge in [-0.25, -0.2) is 9.78 Å². The van der Waals surface area contributed by atoms with Gasteiger partial charge in [0.1, 0.15) is 5.65 Å². The Morgan fingerprint density at radius 2 is 2.14 bits per heavy atom. The highest BCUT2D eigenvalue weighted by Gasteiger charge is 2.24. The zero-order valence-electron chi connectivity index (χ0n) is 16.2. The number of fused-ring (bicyclic) bond motifs is 1. The lowest BCUT2D eigenvalue weighted by molar-refractivity contribution is 0.0671. The van der Waals surface area contributed by atoms with Gasteiger partial charge in [0.2, 0.25) is 0 Å². The number of ether oxygens (including phenoxy) is 1. The number of pyridine rings is 2. The summed E-state index contributed by atoms with van der Waals surface area (Å²) in [7, 11) is 0. The lowest BCUT2D eigenvalue weighted by atomic mass is 9.95. The van der Waals surface area contributed by atoms with Crippen molar-refractivity contribution in [2.24, 2.45) is 11.7 Å². The van der Waals surface area contributed by atoms with Crippen LogP contribution in [-0.2, 0) is 0 Å². The molecule has 0 bridgehead atoms. The van der Waals surface area contributed by atoms with Crippen LogP contribution in [0.4, 0.5) is 4.79 Å². The standard InChI is InChI=1S/C21H23N5O3/c1-2-14-4-3-6-25(13-14)20(27)16-8-15-5-7-26(19(15)24-10-16)17-9-18(12-23-11-17)29-21(22)28/h5,7-12,14H,2-4,6,13H2,1H3,(H2,22,28)/t14-/m1/s1. The Bertz CT molecular complexity index is 1060. The van der Waals surface area contributed by atoms with Crippen molar-refractivity contribution in [2.45, 2.75) is 26.2 Å². The third-order valence-electron chi connectivity index (χ3n) is 5.35. The maximum absolute atomic E-state index is 12.9. The highest BCUT2D eigenvalue weighted by molar-refractivity contribution is 5.97. The van der Waals surface area contributed by atoms with E-state index in [1.807, 2.05) is 27.8 Å². The Morgan fingerprint density at radius 1 is 1.28 bits per heavy atom. The van der Waals surface area contributed by atoms with E-state index >= 15 is 0 Å². The second kappa shape index (κ2) is 7.90. The summed E-state index contributed by atoms with van der Waals surface area (Å²) in [6, 6.07) is 5.41. The smallest absolute Gasteiger partial charge is 0.409 e. The molecule has 8 heteroatoms. The van der Waals surface area contributed by atoms with Crippen molar-refractivity contribution in [1.82, 2.24) is 19.4 Å². The Morgan fingerprint density at radius 3 is 2.93 bits per heavy atom. The number of primary amides is 1. The fourth-order valence-electron chi connectivity index (χ4n) is 3.83. The molecular weight excluding hydrogens is 370 g/mol. The Kier molecular flexibility index (Phi) is 5.16. The number of rotatable bonds is 4. The molecule has 1 aliphatic heterocycles. The van der Waals surface area contributed by atoms with Gasteiger partial charge in [0, 0.05) is 36.9 Å². The van der Waals surface area contributed by atoms with Crippen LogP contribution in [0.2, 0.25) is 0 Å². The molecule has 0 saturated carbocycles. The average molecular weight is 393 g/mol. The number of aromatic nitrogens is 3. The zero-order valence-corrected chi connectivity index (χ0v) is 16.2. The van der Waals surface area contributed by atoms with Crippen LogP contribution in [-0.4, -0.2) is 44.5 Å². The van der Waals surface area contributed by atoms with E-state index in [4.69, 9.17) is 10.5 Å². The monoisotopic (exact) mass is 393 g/mol. The third kappa shape index (κ3) is 3.91. The van der Waals surface area contributed by atoms with Crippen LogP contribution in [0.3, 0.4) is 0 Å². The number of nitrogens with two attached hydrogens (primary N) is 1. The van der Waals surface area contributed by atoms with Crippen molar-refractivity contribution in [2.75, 3.05) is 13.1 Å². The van der Waals surface area contributed by atoms with Crippen LogP contribution >= 0.6 is 0 Å². The van der Waals surface area contributed by atoms with Gasteiger partial charge in [-0.3, -0.25) is 14.3 Å². The minimum absolute atomic E-state index is 0.0313. The SMILES string of the molecule is CC[C@@H]1CCCN(C(=O)c2cnc3c(ccn3-c3cncc(OC(N)=O)c3)c2)C1. The molecule has 1 aliphatic rings. The molecule has 4 rings (SSSR count). The lowest BCUT2D eigenvalue weighted by Crippen LogP contribution is -2.39. The first-order valence-electron chi connectivity index (χ1n) is 9.74. The molecule has 2 N–H and O–H groups in total. The van der Waals surface area contributed by atoms with Gasteiger partial charge < -0.3 is 15.4 Å². The quantitative estimate of drug-likeness (QED) is 0.733.